The number of hydrogen-bond acceptors (Lipinski definition) is 4. The van der Waals surface area contributed by atoms with E-state index < -0.39 is 17.8 Å². The van der Waals surface area contributed by atoms with Gasteiger partial charge in [-0.15, -0.1) is 11.3 Å². The maximum Gasteiger partial charge on any atom is 0.333 e. The fraction of sp³-hybridized carbons (Fsp3) is 0.240. The number of benzene rings is 2. The molecule has 7 heteroatoms. The normalized spacial score (nSPS) is 16.1. The number of rotatable bonds is 4. The zero-order valence-electron chi connectivity index (χ0n) is 17.9. The van der Waals surface area contributed by atoms with Gasteiger partial charge in [-0.2, -0.15) is 0 Å². The third-order valence-corrected chi connectivity index (χ3v) is 7.46. The first-order valence-corrected chi connectivity index (χ1v) is 11.4. The molecule has 4 aromatic rings. The van der Waals surface area contributed by atoms with Crippen LogP contribution in [-0.4, -0.2) is 21.6 Å². The van der Waals surface area contributed by atoms with Crippen LogP contribution in [0.3, 0.4) is 0 Å². The highest BCUT2D eigenvalue weighted by Crippen LogP contribution is 2.33. The molecule has 0 aliphatic carbocycles. The Labute approximate surface area is 188 Å². The molecule has 0 spiro atoms. The maximum absolute atomic E-state index is 14.0. The van der Waals surface area contributed by atoms with Crippen molar-refractivity contribution in [3.63, 3.8) is 0 Å². The molecule has 0 radical (unpaired) electrons. The van der Waals surface area contributed by atoms with Gasteiger partial charge in [0.15, 0.2) is 0 Å². The lowest BCUT2D eigenvalue weighted by atomic mass is 9.98. The fourth-order valence-electron chi connectivity index (χ4n) is 4.53. The van der Waals surface area contributed by atoms with Crippen LogP contribution >= 0.6 is 11.3 Å². The third kappa shape index (κ3) is 3.12. The van der Waals surface area contributed by atoms with Crippen molar-refractivity contribution >= 4 is 27.5 Å². The largest absolute Gasteiger partial charge is 0.354 e. The second-order valence-corrected chi connectivity index (χ2v) is 9.31. The van der Waals surface area contributed by atoms with Crippen LogP contribution in [-0.2, 0) is 4.79 Å². The summed E-state index contributed by atoms with van der Waals surface area (Å²) in [4.78, 5) is 41.7. The topological polar surface area (TPSA) is 73.1 Å². The number of carbonyl (C=O) groups is 1. The van der Waals surface area contributed by atoms with Crippen molar-refractivity contribution < 1.29 is 4.79 Å². The first-order valence-electron chi connectivity index (χ1n) is 10.6. The van der Waals surface area contributed by atoms with E-state index in [0.29, 0.717) is 23.2 Å². The summed E-state index contributed by atoms with van der Waals surface area (Å²) >= 11 is 1.45. The number of aryl methyl sites for hydroxylation is 2. The Morgan fingerprint density at radius 1 is 0.938 bits per heavy atom. The molecule has 1 N–H and O–H groups in total. The summed E-state index contributed by atoms with van der Waals surface area (Å²) in [5, 5.41) is 3.28. The molecule has 0 saturated carbocycles. The summed E-state index contributed by atoms with van der Waals surface area (Å²) in [5.74, 6) is -0.282. The Morgan fingerprint density at radius 2 is 1.53 bits per heavy atom. The molecule has 32 heavy (non-hydrogen) atoms. The summed E-state index contributed by atoms with van der Waals surface area (Å²) in [6.07, 6.45) is 0.420. The zero-order valence-corrected chi connectivity index (χ0v) is 18.7. The molecule has 1 fully saturated rings. The minimum absolute atomic E-state index is 0.282. The summed E-state index contributed by atoms with van der Waals surface area (Å²) < 4.78 is 2.88. The van der Waals surface area contributed by atoms with Crippen molar-refractivity contribution in [3.8, 4) is 0 Å². The molecule has 3 heterocycles. The minimum Gasteiger partial charge on any atom is -0.354 e. The number of fused-ring (bicyclic) bond motifs is 1. The summed E-state index contributed by atoms with van der Waals surface area (Å²) in [7, 11) is 0. The van der Waals surface area contributed by atoms with Crippen molar-refractivity contribution in [2.45, 2.75) is 32.4 Å². The molecule has 1 saturated heterocycles. The molecule has 1 aliphatic heterocycles. The Hall–Kier alpha value is -3.45. The zero-order chi connectivity index (χ0) is 22.4. The standard InChI is InChI=1S/C25H23N3O3S/c1-15-16(2)32-24-20(15)23(30)27(19-13-14-26-22(19)29)25(31)28(24)21(17-9-5-3-6-10-17)18-11-7-4-8-12-18/h3-12,19,21H,13-14H2,1-2H3,(H,26,29)/t19-/m1/s1. The van der Waals surface area contributed by atoms with Crippen LogP contribution in [0, 0.1) is 13.8 Å². The van der Waals surface area contributed by atoms with E-state index in [1.54, 1.807) is 4.57 Å². The van der Waals surface area contributed by atoms with Gasteiger partial charge < -0.3 is 5.32 Å². The van der Waals surface area contributed by atoms with Gasteiger partial charge in [0.1, 0.15) is 10.9 Å². The first kappa shape index (κ1) is 20.5. The number of nitrogens with one attached hydrogen (secondary N) is 1. The smallest absolute Gasteiger partial charge is 0.333 e. The lowest BCUT2D eigenvalue weighted by Crippen LogP contribution is -2.45. The average Bonchev–Trinajstić information content (AvgIpc) is 3.35. The van der Waals surface area contributed by atoms with Gasteiger partial charge in [-0.1, -0.05) is 60.7 Å². The Kier molecular flexibility index (Phi) is 5.06. The summed E-state index contributed by atoms with van der Waals surface area (Å²) in [6, 6.07) is 18.4. The van der Waals surface area contributed by atoms with Crippen molar-refractivity contribution in [1.82, 2.24) is 14.5 Å². The predicted molar refractivity (Wildman–Crippen MR) is 127 cm³/mol. The highest BCUT2D eigenvalue weighted by molar-refractivity contribution is 7.18. The third-order valence-electron chi connectivity index (χ3n) is 6.25. The van der Waals surface area contributed by atoms with E-state index in [9.17, 15) is 14.4 Å². The minimum atomic E-state index is -0.794. The van der Waals surface area contributed by atoms with E-state index in [-0.39, 0.29) is 11.5 Å². The van der Waals surface area contributed by atoms with Crippen LogP contribution in [0.1, 0.15) is 40.1 Å². The van der Waals surface area contributed by atoms with Gasteiger partial charge in [-0.3, -0.25) is 14.2 Å². The van der Waals surface area contributed by atoms with Crippen LogP contribution in [0.15, 0.2) is 70.3 Å². The number of aromatic nitrogens is 2. The number of carbonyl (C=O) groups excluding carboxylic acids is 1. The van der Waals surface area contributed by atoms with Gasteiger partial charge >= 0.3 is 5.69 Å². The van der Waals surface area contributed by atoms with Crippen LogP contribution in [0.5, 0.6) is 0 Å². The van der Waals surface area contributed by atoms with E-state index in [4.69, 9.17) is 0 Å². The number of hydrogen-bond donors (Lipinski definition) is 1. The quantitative estimate of drug-likeness (QED) is 0.522. The SMILES string of the molecule is Cc1sc2c(c1C)c(=O)n([C@@H]1CCNC1=O)c(=O)n2C(c1ccccc1)c1ccccc1. The number of nitrogens with zero attached hydrogens (tertiary/aromatic N) is 2. The molecule has 162 valence electrons. The molecule has 5 rings (SSSR count). The number of thiophene rings is 1. The van der Waals surface area contributed by atoms with Gasteiger partial charge in [0.25, 0.3) is 5.56 Å². The molecule has 0 bridgehead atoms. The molecule has 2 aromatic heterocycles. The van der Waals surface area contributed by atoms with Crippen molar-refractivity contribution in [3.05, 3.63) is 103 Å². The van der Waals surface area contributed by atoms with E-state index in [1.165, 1.54) is 15.9 Å². The Balaban J connectivity index is 1.92. The second kappa shape index (κ2) is 7.91. The van der Waals surface area contributed by atoms with E-state index in [2.05, 4.69) is 5.32 Å². The van der Waals surface area contributed by atoms with Gasteiger partial charge in [-0.25, -0.2) is 9.36 Å². The van der Waals surface area contributed by atoms with Crippen LogP contribution < -0.4 is 16.6 Å². The highest BCUT2D eigenvalue weighted by atomic mass is 32.1. The first-order chi connectivity index (χ1) is 15.5. The highest BCUT2D eigenvalue weighted by Gasteiger charge is 2.33. The Morgan fingerprint density at radius 3 is 2.06 bits per heavy atom. The van der Waals surface area contributed by atoms with E-state index in [0.717, 1.165) is 21.6 Å². The molecule has 6 nitrogen and oxygen atoms in total. The van der Waals surface area contributed by atoms with Crippen molar-refractivity contribution in [1.29, 1.82) is 0 Å². The fourth-order valence-corrected chi connectivity index (χ4v) is 5.70. The molecule has 1 amide bonds. The average molecular weight is 446 g/mol. The maximum atomic E-state index is 14.0. The monoisotopic (exact) mass is 445 g/mol. The van der Waals surface area contributed by atoms with Gasteiger partial charge in [0.2, 0.25) is 5.91 Å². The van der Waals surface area contributed by atoms with E-state index in [1.807, 2.05) is 74.5 Å². The van der Waals surface area contributed by atoms with Gasteiger partial charge in [0, 0.05) is 11.4 Å². The van der Waals surface area contributed by atoms with Crippen LogP contribution in [0.2, 0.25) is 0 Å². The van der Waals surface area contributed by atoms with E-state index >= 15 is 0 Å². The predicted octanol–water partition coefficient (Wildman–Crippen LogP) is 3.54. The molecule has 1 atom stereocenters. The number of amides is 1. The second-order valence-electron chi connectivity index (χ2n) is 8.11. The lowest BCUT2D eigenvalue weighted by Gasteiger charge is -2.24. The summed E-state index contributed by atoms with van der Waals surface area (Å²) in [5.41, 5.74) is 1.89. The molecule has 1 aliphatic rings. The Bertz CT molecular complexity index is 1400. The molecule has 0 unspecified atom stereocenters. The van der Waals surface area contributed by atoms with Crippen molar-refractivity contribution in [2.75, 3.05) is 6.54 Å². The van der Waals surface area contributed by atoms with Gasteiger partial charge in [-0.05, 0) is 37.0 Å². The molecular weight excluding hydrogens is 422 g/mol. The molecular formula is C25H23N3O3S. The molecule has 2 aromatic carbocycles. The summed E-state index contributed by atoms with van der Waals surface area (Å²) in [6.45, 7) is 4.32. The van der Waals surface area contributed by atoms with Gasteiger partial charge in [0.05, 0.1) is 11.4 Å². The van der Waals surface area contributed by atoms with Crippen LogP contribution in [0.4, 0.5) is 0 Å². The van der Waals surface area contributed by atoms with Crippen molar-refractivity contribution in [2.24, 2.45) is 0 Å². The van der Waals surface area contributed by atoms with Crippen LogP contribution in [0.25, 0.3) is 10.2 Å². The lowest BCUT2D eigenvalue weighted by molar-refractivity contribution is -0.122.